The first-order chi connectivity index (χ1) is 14.1. The molecule has 1 amide bonds. The Morgan fingerprint density at radius 3 is 2.48 bits per heavy atom. The number of aromatic nitrogens is 2. The molecule has 0 unspecified atom stereocenters. The van der Waals surface area contributed by atoms with Gasteiger partial charge in [0.1, 0.15) is 11.6 Å². The second-order valence-corrected chi connectivity index (χ2v) is 7.66. The van der Waals surface area contributed by atoms with Crippen LogP contribution in [0.2, 0.25) is 0 Å². The maximum absolute atomic E-state index is 12.5. The molecule has 1 aliphatic rings. The molecule has 0 saturated carbocycles. The lowest BCUT2D eigenvalue weighted by Crippen LogP contribution is -2.25. The maximum atomic E-state index is 12.5. The van der Waals surface area contributed by atoms with Gasteiger partial charge in [0.15, 0.2) is 0 Å². The predicted molar refractivity (Wildman–Crippen MR) is 115 cm³/mol. The number of rotatable bonds is 5. The summed E-state index contributed by atoms with van der Waals surface area (Å²) in [6.45, 7) is 3.16. The first-order valence-electron chi connectivity index (χ1n) is 10.3. The van der Waals surface area contributed by atoms with Gasteiger partial charge >= 0.3 is 0 Å². The second kappa shape index (κ2) is 8.66. The van der Waals surface area contributed by atoms with Gasteiger partial charge in [-0.3, -0.25) is 9.69 Å². The number of hydrogen-bond donors (Lipinski definition) is 1. The molecule has 29 heavy (non-hydrogen) atoms. The molecule has 4 rings (SSSR count). The second-order valence-electron chi connectivity index (χ2n) is 7.66. The summed E-state index contributed by atoms with van der Waals surface area (Å²) in [5.41, 5.74) is 3.33. The van der Waals surface area contributed by atoms with Crippen molar-refractivity contribution in [2.75, 3.05) is 25.5 Å². The zero-order valence-electron chi connectivity index (χ0n) is 17.1. The molecule has 152 valence electrons. The molecule has 1 fully saturated rings. The number of imidazole rings is 1. The first kappa shape index (κ1) is 19.5. The summed E-state index contributed by atoms with van der Waals surface area (Å²) >= 11 is 0. The summed E-state index contributed by atoms with van der Waals surface area (Å²) in [6.07, 6.45) is 5.20. The fourth-order valence-electron chi connectivity index (χ4n) is 3.91. The number of hydrogen-bond acceptors (Lipinski definition) is 4. The van der Waals surface area contributed by atoms with Gasteiger partial charge in [-0.1, -0.05) is 12.8 Å². The summed E-state index contributed by atoms with van der Waals surface area (Å²) in [4.78, 5) is 19.9. The van der Waals surface area contributed by atoms with E-state index >= 15 is 0 Å². The number of anilines is 1. The number of carbonyl (C=O) groups excluding carboxylic acids is 1. The third kappa shape index (κ3) is 4.43. The molecule has 1 aliphatic heterocycles. The SMILES string of the molecule is COc1ccc(C(=O)Nc2ccc3c(c2)nc(CN2CCCCCC2)n3C)cc1. The van der Waals surface area contributed by atoms with E-state index in [0.29, 0.717) is 5.56 Å². The lowest BCUT2D eigenvalue weighted by Gasteiger charge is -2.19. The van der Waals surface area contributed by atoms with E-state index < -0.39 is 0 Å². The van der Waals surface area contributed by atoms with E-state index in [0.717, 1.165) is 47.9 Å². The van der Waals surface area contributed by atoms with Crippen molar-refractivity contribution >= 4 is 22.6 Å². The highest BCUT2D eigenvalue weighted by molar-refractivity contribution is 6.05. The topological polar surface area (TPSA) is 59.4 Å². The Morgan fingerprint density at radius 1 is 1.07 bits per heavy atom. The standard InChI is InChI=1S/C23H28N4O2/c1-26-21-12-9-18(24-23(28)17-7-10-19(29-2)11-8-17)15-20(21)25-22(26)16-27-13-5-3-4-6-14-27/h7-12,15H,3-6,13-14,16H2,1-2H3,(H,24,28). The van der Waals surface area contributed by atoms with Crippen LogP contribution in [-0.2, 0) is 13.6 Å². The van der Waals surface area contributed by atoms with Gasteiger partial charge in [0.25, 0.3) is 5.91 Å². The molecule has 1 saturated heterocycles. The van der Waals surface area contributed by atoms with E-state index in [-0.39, 0.29) is 5.91 Å². The Kier molecular flexibility index (Phi) is 5.81. The van der Waals surface area contributed by atoms with Crippen LogP contribution in [0.25, 0.3) is 11.0 Å². The molecule has 2 heterocycles. The van der Waals surface area contributed by atoms with Gasteiger partial charge in [-0.05, 0) is 68.4 Å². The minimum atomic E-state index is -0.146. The number of benzene rings is 2. The number of nitrogens with zero attached hydrogens (tertiary/aromatic N) is 3. The summed E-state index contributed by atoms with van der Waals surface area (Å²) in [5.74, 6) is 1.65. The molecular formula is C23H28N4O2. The van der Waals surface area contributed by atoms with Gasteiger partial charge in [0.05, 0.1) is 24.7 Å². The zero-order valence-corrected chi connectivity index (χ0v) is 17.1. The third-order valence-electron chi connectivity index (χ3n) is 5.65. The lowest BCUT2D eigenvalue weighted by molar-refractivity contribution is 0.102. The van der Waals surface area contributed by atoms with Crippen LogP contribution in [-0.4, -0.2) is 40.6 Å². The average Bonchev–Trinajstić information content (AvgIpc) is 2.89. The Labute approximate surface area is 171 Å². The van der Waals surface area contributed by atoms with Gasteiger partial charge in [-0.2, -0.15) is 0 Å². The monoisotopic (exact) mass is 392 g/mol. The summed E-state index contributed by atoms with van der Waals surface area (Å²) in [5, 5.41) is 2.97. The fraction of sp³-hybridized carbons (Fsp3) is 0.391. The molecule has 1 aromatic heterocycles. The van der Waals surface area contributed by atoms with Gasteiger partial charge < -0.3 is 14.6 Å². The van der Waals surface area contributed by atoms with E-state index in [1.165, 1.54) is 25.7 Å². The van der Waals surface area contributed by atoms with Crippen LogP contribution in [0.4, 0.5) is 5.69 Å². The van der Waals surface area contributed by atoms with Crippen molar-refractivity contribution in [3.63, 3.8) is 0 Å². The summed E-state index contributed by atoms with van der Waals surface area (Å²) in [7, 11) is 3.68. The number of carbonyl (C=O) groups is 1. The zero-order chi connectivity index (χ0) is 20.2. The minimum Gasteiger partial charge on any atom is -0.497 e. The van der Waals surface area contributed by atoms with Crippen molar-refractivity contribution in [2.45, 2.75) is 32.2 Å². The van der Waals surface area contributed by atoms with E-state index in [1.54, 1.807) is 31.4 Å². The normalized spacial score (nSPS) is 15.2. The number of fused-ring (bicyclic) bond motifs is 1. The lowest BCUT2D eigenvalue weighted by atomic mass is 10.2. The number of aryl methyl sites for hydroxylation is 1. The Hall–Kier alpha value is -2.86. The highest BCUT2D eigenvalue weighted by atomic mass is 16.5. The molecule has 0 bridgehead atoms. The predicted octanol–water partition coefficient (Wildman–Crippen LogP) is 4.21. The molecule has 0 spiro atoms. The van der Waals surface area contributed by atoms with Crippen molar-refractivity contribution in [3.8, 4) is 5.75 Å². The van der Waals surface area contributed by atoms with Crippen LogP contribution in [0.15, 0.2) is 42.5 Å². The van der Waals surface area contributed by atoms with Crippen LogP contribution in [0, 0.1) is 0 Å². The van der Waals surface area contributed by atoms with Crippen molar-refractivity contribution < 1.29 is 9.53 Å². The van der Waals surface area contributed by atoms with Crippen LogP contribution < -0.4 is 10.1 Å². The highest BCUT2D eigenvalue weighted by Crippen LogP contribution is 2.22. The summed E-state index contributed by atoms with van der Waals surface area (Å²) in [6, 6.07) is 13.0. The molecule has 6 nitrogen and oxygen atoms in total. The largest absolute Gasteiger partial charge is 0.497 e. The van der Waals surface area contributed by atoms with E-state index in [1.807, 2.05) is 18.2 Å². The van der Waals surface area contributed by atoms with Crippen LogP contribution in [0.5, 0.6) is 5.75 Å². The van der Waals surface area contributed by atoms with E-state index in [9.17, 15) is 4.79 Å². The number of nitrogens with one attached hydrogen (secondary N) is 1. The molecular weight excluding hydrogens is 364 g/mol. The molecule has 3 aromatic rings. The number of ether oxygens (including phenoxy) is 1. The quantitative estimate of drug-likeness (QED) is 0.707. The van der Waals surface area contributed by atoms with Gasteiger partial charge in [0.2, 0.25) is 0 Å². The maximum Gasteiger partial charge on any atom is 0.255 e. The Bertz CT molecular complexity index is 986. The van der Waals surface area contributed by atoms with Crippen molar-refractivity contribution in [2.24, 2.45) is 7.05 Å². The molecule has 0 radical (unpaired) electrons. The van der Waals surface area contributed by atoms with E-state index in [2.05, 4.69) is 21.8 Å². The highest BCUT2D eigenvalue weighted by Gasteiger charge is 2.15. The van der Waals surface area contributed by atoms with Gasteiger partial charge in [-0.15, -0.1) is 0 Å². The smallest absolute Gasteiger partial charge is 0.255 e. The minimum absolute atomic E-state index is 0.146. The number of methoxy groups -OCH3 is 1. The molecule has 2 aromatic carbocycles. The van der Waals surface area contributed by atoms with Gasteiger partial charge in [0, 0.05) is 18.3 Å². The summed E-state index contributed by atoms with van der Waals surface area (Å²) < 4.78 is 7.31. The average molecular weight is 393 g/mol. The molecule has 6 heteroatoms. The van der Waals surface area contributed by atoms with Crippen molar-refractivity contribution in [1.82, 2.24) is 14.5 Å². The molecule has 0 aliphatic carbocycles. The van der Waals surface area contributed by atoms with Gasteiger partial charge in [-0.25, -0.2) is 4.98 Å². The van der Waals surface area contributed by atoms with Crippen molar-refractivity contribution in [1.29, 1.82) is 0 Å². The molecule has 1 N–H and O–H groups in total. The first-order valence-corrected chi connectivity index (χ1v) is 10.3. The molecule has 0 atom stereocenters. The Balaban J connectivity index is 1.50. The van der Waals surface area contributed by atoms with Crippen LogP contribution in [0.1, 0.15) is 41.9 Å². The Morgan fingerprint density at radius 2 is 1.79 bits per heavy atom. The van der Waals surface area contributed by atoms with Crippen LogP contribution >= 0.6 is 0 Å². The number of likely N-dealkylation sites (tertiary alicyclic amines) is 1. The van der Waals surface area contributed by atoms with E-state index in [4.69, 9.17) is 9.72 Å². The fourth-order valence-corrected chi connectivity index (χ4v) is 3.91. The number of amides is 1. The van der Waals surface area contributed by atoms with Crippen LogP contribution in [0.3, 0.4) is 0 Å². The van der Waals surface area contributed by atoms with Crippen molar-refractivity contribution in [3.05, 3.63) is 53.9 Å². The third-order valence-corrected chi connectivity index (χ3v) is 5.65.